The lowest BCUT2D eigenvalue weighted by Crippen LogP contribution is -1.87. The Hall–Kier alpha value is -2.14. The number of aromatic amines is 1. The Morgan fingerprint density at radius 1 is 1.28 bits per heavy atom. The number of halogens is 2. The molecule has 2 heterocycles. The van der Waals surface area contributed by atoms with E-state index >= 15 is 0 Å². The minimum absolute atomic E-state index is 0.391. The van der Waals surface area contributed by atoms with E-state index in [1.165, 1.54) is 6.07 Å². The number of pyridine rings is 1. The molecule has 90 valence electrons. The molecule has 0 unspecified atom stereocenters. The molecule has 3 rings (SSSR count). The highest BCUT2D eigenvalue weighted by Crippen LogP contribution is 2.26. The van der Waals surface area contributed by atoms with Gasteiger partial charge in [0, 0.05) is 5.02 Å². The van der Waals surface area contributed by atoms with Crippen LogP contribution in [0.15, 0.2) is 30.5 Å². The Balaban J connectivity index is 2.19. The van der Waals surface area contributed by atoms with Crippen LogP contribution in [0.1, 0.15) is 0 Å². The molecule has 1 aromatic carbocycles. The molecule has 0 saturated carbocycles. The van der Waals surface area contributed by atoms with Crippen LogP contribution in [0.5, 0.6) is 0 Å². The SMILES string of the molecule is Nc1cc(Cl)cc2[nH]c(-c3ccc(F)cn3)nc12. The van der Waals surface area contributed by atoms with Crippen LogP contribution in [0.25, 0.3) is 22.6 Å². The molecule has 0 amide bonds. The number of H-pyrrole nitrogens is 1. The van der Waals surface area contributed by atoms with Gasteiger partial charge >= 0.3 is 0 Å². The van der Waals surface area contributed by atoms with Crippen molar-refractivity contribution in [3.63, 3.8) is 0 Å². The van der Waals surface area contributed by atoms with Gasteiger partial charge in [0.05, 0.1) is 17.4 Å². The maximum atomic E-state index is 12.8. The van der Waals surface area contributed by atoms with Crippen molar-refractivity contribution >= 4 is 28.3 Å². The van der Waals surface area contributed by atoms with Gasteiger partial charge in [0.25, 0.3) is 0 Å². The van der Waals surface area contributed by atoms with E-state index < -0.39 is 5.82 Å². The Bertz CT molecular complexity index is 721. The van der Waals surface area contributed by atoms with Crippen molar-refractivity contribution in [1.29, 1.82) is 0 Å². The number of imidazole rings is 1. The Labute approximate surface area is 107 Å². The van der Waals surface area contributed by atoms with E-state index in [1.54, 1.807) is 18.2 Å². The summed E-state index contributed by atoms with van der Waals surface area (Å²) in [4.78, 5) is 11.3. The summed E-state index contributed by atoms with van der Waals surface area (Å²) in [5.41, 5.74) is 8.21. The van der Waals surface area contributed by atoms with Gasteiger partial charge in [-0.25, -0.2) is 14.4 Å². The minimum atomic E-state index is -0.391. The lowest BCUT2D eigenvalue weighted by atomic mass is 10.3. The molecule has 0 aliphatic rings. The first-order valence-corrected chi connectivity index (χ1v) is 5.58. The van der Waals surface area contributed by atoms with Gasteiger partial charge in [-0.05, 0) is 24.3 Å². The number of aromatic nitrogens is 3. The first-order chi connectivity index (χ1) is 8.63. The lowest BCUT2D eigenvalue weighted by Gasteiger charge is -1.94. The number of nitrogens with zero attached hydrogens (tertiary/aromatic N) is 2. The molecule has 0 saturated heterocycles. The summed E-state index contributed by atoms with van der Waals surface area (Å²) in [5, 5.41) is 0.530. The van der Waals surface area contributed by atoms with Crippen LogP contribution in [0.2, 0.25) is 5.02 Å². The van der Waals surface area contributed by atoms with Crippen LogP contribution >= 0.6 is 11.6 Å². The number of fused-ring (bicyclic) bond motifs is 1. The number of hydrogen-bond acceptors (Lipinski definition) is 3. The summed E-state index contributed by atoms with van der Waals surface area (Å²) >= 11 is 5.91. The van der Waals surface area contributed by atoms with Gasteiger partial charge in [0.1, 0.15) is 17.0 Å². The highest BCUT2D eigenvalue weighted by atomic mass is 35.5. The lowest BCUT2D eigenvalue weighted by molar-refractivity contribution is 0.621. The number of rotatable bonds is 1. The van der Waals surface area contributed by atoms with Gasteiger partial charge in [-0.15, -0.1) is 0 Å². The highest BCUT2D eigenvalue weighted by molar-refractivity contribution is 6.31. The van der Waals surface area contributed by atoms with Gasteiger partial charge in [-0.2, -0.15) is 0 Å². The van der Waals surface area contributed by atoms with Crippen molar-refractivity contribution in [2.45, 2.75) is 0 Å². The third-order valence-corrected chi connectivity index (χ3v) is 2.77. The summed E-state index contributed by atoms with van der Waals surface area (Å²) in [6.45, 7) is 0. The fourth-order valence-electron chi connectivity index (χ4n) is 1.74. The van der Waals surface area contributed by atoms with E-state index in [0.29, 0.717) is 27.7 Å². The normalized spacial score (nSPS) is 11.0. The van der Waals surface area contributed by atoms with Crippen LogP contribution < -0.4 is 5.73 Å². The molecule has 0 atom stereocenters. The Morgan fingerprint density at radius 3 is 2.83 bits per heavy atom. The zero-order chi connectivity index (χ0) is 12.7. The van der Waals surface area contributed by atoms with Crippen LogP contribution in [-0.4, -0.2) is 15.0 Å². The van der Waals surface area contributed by atoms with Gasteiger partial charge in [-0.1, -0.05) is 11.6 Å². The minimum Gasteiger partial charge on any atom is -0.397 e. The maximum Gasteiger partial charge on any atom is 0.157 e. The fourth-order valence-corrected chi connectivity index (χ4v) is 1.97. The van der Waals surface area contributed by atoms with Crippen molar-refractivity contribution in [3.05, 3.63) is 41.3 Å². The number of anilines is 1. The largest absolute Gasteiger partial charge is 0.397 e. The second-order valence-corrected chi connectivity index (χ2v) is 4.27. The van der Waals surface area contributed by atoms with Crippen molar-refractivity contribution in [1.82, 2.24) is 15.0 Å². The first-order valence-electron chi connectivity index (χ1n) is 5.20. The summed E-state index contributed by atoms with van der Waals surface area (Å²) in [6.07, 6.45) is 1.14. The average molecular weight is 263 g/mol. The standard InChI is InChI=1S/C12H8ClFN4/c13-6-3-8(15)11-10(4-6)17-12(18-11)9-2-1-7(14)5-16-9/h1-5H,15H2,(H,17,18). The van der Waals surface area contributed by atoms with Crippen molar-refractivity contribution in [3.8, 4) is 11.5 Å². The average Bonchev–Trinajstić information content (AvgIpc) is 2.74. The topological polar surface area (TPSA) is 67.6 Å². The molecule has 0 bridgehead atoms. The van der Waals surface area contributed by atoms with Crippen molar-refractivity contribution < 1.29 is 4.39 Å². The van der Waals surface area contributed by atoms with Crippen molar-refractivity contribution in [2.75, 3.05) is 5.73 Å². The van der Waals surface area contributed by atoms with E-state index in [1.807, 2.05) is 0 Å². The molecule has 6 heteroatoms. The second kappa shape index (κ2) is 3.96. The Kier molecular flexibility index (Phi) is 2.41. The monoisotopic (exact) mass is 262 g/mol. The number of benzene rings is 1. The van der Waals surface area contributed by atoms with Crippen LogP contribution in [0, 0.1) is 5.82 Å². The molecule has 0 aliphatic heterocycles. The number of nitrogens with two attached hydrogens (primary N) is 1. The summed E-state index contributed by atoms with van der Waals surface area (Å²) in [6, 6.07) is 6.23. The van der Waals surface area contributed by atoms with E-state index in [0.717, 1.165) is 11.7 Å². The predicted octanol–water partition coefficient (Wildman–Crippen LogP) is 3.00. The van der Waals surface area contributed by atoms with E-state index in [4.69, 9.17) is 17.3 Å². The maximum absolute atomic E-state index is 12.8. The fraction of sp³-hybridized carbons (Fsp3) is 0. The zero-order valence-corrected chi connectivity index (χ0v) is 9.87. The molecule has 3 aromatic rings. The van der Waals surface area contributed by atoms with Crippen LogP contribution in [-0.2, 0) is 0 Å². The third-order valence-electron chi connectivity index (χ3n) is 2.55. The predicted molar refractivity (Wildman–Crippen MR) is 68.7 cm³/mol. The zero-order valence-electron chi connectivity index (χ0n) is 9.11. The number of nitrogens with one attached hydrogen (secondary N) is 1. The quantitative estimate of drug-likeness (QED) is 0.663. The number of hydrogen-bond donors (Lipinski definition) is 2. The number of nitrogen functional groups attached to an aromatic ring is 1. The van der Waals surface area contributed by atoms with Gasteiger partial charge in [-0.3, -0.25) is 0 Å². The Morgan fingerprint density at radius 2 is 2.11 bits per heavy atom. The molecule has 18 heavy (non-hydrogen) atoms. The van der Waals surface area contributed by atoms with Gasteiger partial charge < -0.3 is 10.7 Å². The van der Waals surface area contributed by atoms with E-state index in [9.17, 15) is 4.39 Å². The molecular weight excluding hydrogens is 255 g/mol. The molecule has 0 radical (unpaired) electrons. The van der Waals surface area contributed by atoms with Crippen LogP contribution in [0.4, 0.5) is 10.1 Å². The molecular formula is C12H8ClFN4. The highest BCUT2D eigenvalue weighted by Gasteiger charge is 2.09. The molecule has 0 fully saturated rings. The molecule has 0 aliphatic carbocycles. The molecule has 0 spiro atoms. The van der Waals surface area contributed by atoms with E-state index in [-0.39, 0.29) is 0 Å². The summed E-state index contributed by atoms with van der Waals surface area (Å²) in [5.74, 6) is 0.136. The first kappa shape index (κ1) is 11.0. The third kappa shape index (κ3) is 1.78. The molecule has 4 nitrogen and oxygen atoms in total. The summed E-state index contributed by atoms with van der Waals surface area (Å²) in [7, 11) is 0. The molecule has 3 N–H and O–H groups in total. The van der Waals surface area contributed by atoms with Gasteiger partial charge in [0.15, 0.2) is 5.82 Å². The summed E-state index contributed by atoms with van der Waals surface area (Å²) < 4.78 is 12.8. The molecule has 2 aromatic heterocycles. The smallest absolute Gasteiger partial charge is 0.157 e. The van der Waals surface area contributed by atoms with Crippen molar-refractivity contribution in [2.24, 2.45) is 0 Å². The second-order valence-electron chi connectivity index (χ2n) is 3.84. The van der Waals surface area contributed by atoms with Gasteiger partial charge in [0.2, 0.25) is 0 Å². The van der Waals surface area contributed by atoms with Crippen LogP contribution in [0.3, 0.4) is 0 Å². The van der Waals surface area contributed by atoms with E-state index in [2.05, 4.69) is 15.0 Å².